The summed E-state index contributed by atoms with van der Waals surface area (Å²) in [5, 5.41) is 7.08. The van der Waals surface area contributed by atoms with Gasteiger partial charge in [0, 0.05) is 38.0 Å². The minimum atomic E-state index is -0.256. The van der Waals surface area contributed by atoms with Crippen molar-refractivity contribution in [3.05, 3.63) is 30.1 Å². The lowest BCUT2D eigenvalue weighted by Gasteiger charge is -2.13. The van der Waals surface area contributed by atoms with Crippen molar-refractivity contribution < 1.29 is 9.53 Å². The van der Waals surface area contributed by atoms with E-state index in [4.69, 9.17) is 4.74 Å². The normalized spacial score (nSPS) is 12.5. The number of rotatable bonds is 7. The highest BCUT2D eigenvalue weighted by molar-refractivity contribution is 5.82. The van der Waals surface area contributed by atoms with E-state index in [1.807, 2.05) is 25.3 Å². The Hall–Kier alpha value is -1.92. The molecule has 0 fully saturated rings. The Morgan fingerprint density at radius 3 is 3.20 bits per heavy atom. The summed E-state index contributed by atoms with van der Waals surface area (Å²) in [7, 11) is 1.61. The van der Waals surface area contributed by atoms with E-state index in [0.717, 1.165) is 16.6 Å². The second-order valence-electron chi connectivity index (χ2n) is 4.60. The predicted octanol–water partition coefficient (Wildman–Crippen LogP) is 0.804. The van der Waals surface area contributed by atoms with Crippen LogP contribution in [0, 0.1) is 0 Å². The number of aromatic amines is 1. The molecule has 6 nitrogen and oxygen atoms in total. The molecule has 3 N–H and O–H groups in total. The topological polar surface area (TPSA) is 79.0 Å². The number of nitrogens with one attached hydrogen (secondary N) is 3. The first kappa shape index (κ1) is 14.5. The van der Waals surface area contributed by atoms with E-state index in [1.54, 1.807) is 13.3 Å². The summed E-state index contributed by atoms with van der Waals surface area (Å²) >= 11 is 0. The molecular formula is C14H20N4O2. The second kappa shape index (κ2) is 7.02. The zero-order chi connectivity index (χ0) is 14.4. The third-order valence-electron chi connectivity index (χ3n) is 3.13. The van der Waals surface area contributed by atoms with Crippen molar-refractivity contribution in [2.45, 2.75) is 19.5 Å². The van der Waals surface area contributed by atoms with Crippen molar-refractivity contribution >= 4 is 16.9 Å². The first-order valence-corrected chi connectivity index (χ1v) is 6.63. The zero-order valence-corrected chi connectivity index (χ0v) is 11.8. The summed E-state index contributed by atoms with van der Waals surface area (Å²) in [5.41, 5.74) is 1.96. The average molecular weight is 276 g/mol. The zero-order valence-electron chi connectivity index (χ0n) is 11.8. The minimum absolute atomic E-state index is 0.0278. The molecule has 2 heterocycles. The van der Waals surface area contributed by atoms with Gasteiger partial charge < -0.3 is 20.4 Å². The number of methoxy groups -OCH3 is 1. The molecule has 0 radical (unpaired) electrons. The van der Waals surface area contributed by atoms with Crippen LogP contribution >= 0.6 is 0 Å². The molecule has 20 heavy (non-hydrogen) atoms. The van der Waals surface area contributed by atoms with E-state index < -0.39 is 0 Å². The Labute approximate surface area is 117 Å². The standard InChI is InChI=1S/C14H20N4O2/c1-10(14(19)16-6-7-20-2)17-8-11-9-18-13-12(11)4-3-5-15-13/h3-5,9-10,17H,6-8H2,1-2H3,(H,15,18)(H,16,19). The highest BCUT2D eigenvalue weighted by atomic mass is 16.5. The molecule has 1 amide bonds. The fourth-order valence-corrected chi connectivity index (χ4v) is 1.94. The van der Waals surface area contributed by atoms with Gasteiger partial charge in [0.05, 0.1) is 12.6 Å². The lowest BCUT2D eigenvalue weighted by molar-refractivity contribution is -0.122. The highest BCUT2D eigenvalue weighted by Crippen LogP contribution is 2.15. The summed E-state index contributed by atoms with van der Waals surface area (Å²) < 4.78 is 4.89. The second-order valence-corrected chi connectivity index (χ2v) is 4.60. The van der Waals surface area contributed by atoms with Crippen LogP contribution in [-0.4, -0.2) is 42.2 Å². The van der Waals surface area contributed by atoms with Crippen LogP contribution in [0.15, 0.2) is 24.5 Å². The maximum Gasteiger partial charge on any atom is 0.236 e. The monoisotopic (exact) mass is 276 g/mol. The van der Waals surface area contributed by atoms with Gasteiger partial charge in [-0.25, -0.2) is 4.98 Å². The van der Waals surface area contributed by atoms with Gasteiger partial charge in [-0.15, -0.1) is 0 Å². The highest BCUT2D eigenvalue weighted by Gasteiger charge is 2.12. The molecule has 2 aromatic heterocycles. The minimum Gasteiger partial charge on any atom is -0.383 e. The molecule has 2 aromatic rings. The molecule has 2 rings (SSSR count). The number of H-pyrrole nitrogens is 1. The SMILES string of the molecule is COCCNC(=O)C(C)NCc1c[nH]c2ncccc12. The van der Waals surface area contributed by atoms with Gasteiger partial charge in [-0.3, -0.25) is 4.79 Å². The molecule has 0 aliphatic carbocycles. The van der Waals surface area contributed by atoms with E-state index in [1.165, 1.54) is 0 Å². The summed E-state index contributed by atoms with van der Waals surface area (Å²) in [5.74, 6) is -0.0278. The van der Waals surface area contributed by atoms with Gasteiger partial charge in [0.25, 0.3) is 0 Å². The van der Waals surface area contributed by atoms with Gasteiger partial charge in [0.2, 0.25) is 5.91 Å². The van der Waals surface area contributed by atoms with Gasteiger partial charge in [-0.05, 0) is 24.6 Å². The maximum atomic E-state index is 11.8. The third kappa shape index (κ3) is 3.55. The first-order chi connectivity index (χ1) is 9.72. The summed E-state index contributed by atoms with van der Waals surface area (Å²) in [6, 6.07) is 3.66. The van der Waals surface area contributed by atoms with Gasteiger partial charge in [0.15, 0.2) is 0 Å². The number of ether oxygens (including phenoxy) is 1. The summed E-state index contributed by atoms with van der Waals surface area (Å²) in [6.45, 7) is 3.50. The van der Waals surface area contributed by atoms with E-state index in [2.05, 4.69) is 20.6 Å². The number of carbonyl (C=O) groups excluding carboxylic acids is 1. The average Bonchev–Trinajstić information content (AvgIpc) is 2.88. The number of nitrogens with zero attached hydrogens (tertiary/aromatic N) is 1. The van der Waals surface area contributed by atoms with E-state index in [9.17, 15) is 4.79 Å². The van der Waals surface area contributed by atoms with Gasteiger partial charge >= 0.3 is 0 Å². The van der Waals surface area contributed by atoms with Crippen LogP contribution in [0.25, 0.3) is 11.0 Å². The predicted molar refractivity (Wildman–Crippen MR) is 77.3 cm³/mol. The molecule has 0 bridgehead atoms. The first-order valence-electron chi connectivity index (χ1n) is 6.63. The number of fused-ring (bicyclic) bond motifs is 1. The van der Waals surface area contributed by atoms with Crippen molar-refractivity contribution in [1.82, 2.24) is 20.6 Å². The summed E-state index contributed by atoms with van der Waals surface area (Å²) in [6.07, 6.45) is 3.67. The molecule has 108 valence electrons. The Balaban J connectivity index is 1.86. The van der Waals surface area contributed by atoms with Crippen molar-refractivity contribution in [1.29, 1.82) is 0 Å². The van der Waals surface area contributed by atoms with Crippen LogP contribution in [0.5, 0.6) is 0 Å². The largest absolute Gasteiger partial charge is 0.383 e. The Bertz CT molecular complexity index is 567. The van der Waals surface area contributed by atoms with Crippen LogP contribution in [0.2, 0.25) is 0 Å². The molecule has 0 aliphatic heterocycles. The number of carbonyl (C=O) groups is 1. The molecule has 0 saturated carbocycles. The lowest BCUT2D eigenvalue weighted by Crippen LogP contribution is -2.42. The van der Waals surface area contributed by atoms with Crippen molar-refractivity contribution in [2.24, 2.45) is 0 Å². The number of hydrogen-bond donors (Lipinski definition) is 3. The van der Waals surface area contributed by atoms with Crippen molar-refractivity contribution in [3.8, 4) is 0 Å². The molecule has 0 aromatic carbocycles. The van der Waals surface area contributed by atoms with Crippen LogP contribution in [0.1, 0.15) is 12.5 Å². The molecule has 0 aliphatic rings. The fourth-order valence-electron chi connectivity index (χ4n) is 1.94. The Kier molecular flexibility index (Phi) is 5.09. The van der Waals surface area contributed by atoms with Gasteiger partial charge in [-0.2, -0.15) is 0 Å². The van der Waals surface area contributed by atoms with Gasteiger partial charge in [-0.1, -0.05) is 0 Å². The number of amides is 1. The van der Waals surface area contributed by atoms with Crippen LogP contribution in [-0.2, 0) is 16.1 Å². The van der Waals surface area contributed by atoms with Crippen LogP contribution in [0.3, 0.4) is 0 Å². The Morgan fingerprint density at radius 1 is 1.55 bits per heavy atom. The molecule has 0 spiro atoms. The van der Waals surface area contributed by atoms with E-state index >= 15 is 0 Å². The molecular weight excluding hydrogens is 256 g/mol. The smallest absolute Gasteiger partial charge is 0.236 e. The van der Waals surface area contributed by atoms with E-state index in [0.29, 0.717) is 19.7 Å². The molecule has 1 unspecified atom stereocenters. The van der Waals surface area contributed by atoms with Crippen LogP contribution < -0.4 is 10.6 Å². The summed E-state index contributed by atoms with van der Waals surface area (Å²) in [4.78, 5) is 19.1. The molecule has 1 atom stereocenters. The lowest BCUT2D eigenvalue weighted by atomic mass is 10.2. The van der Waals surface area contributed by atoms with Crippen LogP contribution in [0.4, 0.5) is 0 Å². The van der Waals surface area contributed by atoms with E-state index in [-0.39, 0.29) is 11.9 Å². The number of pyridine rings is 1. The quantitative estimate of drug-likeness (QED) is 0.654. The maximum absolute atomic E-state index is 11.8. The molecule has 6 heteroatoms. The number of hydrogen-bond acceptors (Lipinski definition) is 4. The van der Waals surface area contributed by atoms with Crippen molar-refractivity contribution in [2.75, 3.05) is 20.3 Å². The van der Waals surface area contributed by atoms with Crippen molar-refractivity contribution in [3.63, 3.8) is 0 Å². The third-order valence-corrected chi connectivity index (χ3v) is 3.13. The number of aromatic nitrogens is 2. The molecule has 0 saturated heterocycles. The van der Waals surface area contributed by atoms with Gasteiger partial charge in [0.1, 0.15) is 5.65 Å². The fraction of sp³-hybridized carbons (Fsp3) is 0.429. The Morgan fingerprint density at radius 2 is 2.40 bits per heavy atom.